The molecule has 5 atom stereocenters. The average molecular weight is 798 g/mol. The lowest BCUT2D eigenvalue weighted by Crippen LogP contribution is -2.48. The normalized spacial score (nSPS) is 24.6. The molecule has 0 unspecified atom stereocenters. The summed E-state index contributed by atoms with van der Waals surface area (Å²) in [5, 5.41) is -0.162. The number of ether oxygens (including phenoxy) is 1. The largest absolute Gasteiger partial charge is 0.444 e. The number of likely N-dealkylation sites (tertiary alicyclic amines) is 1. The molecule has 2 heterocycles. The van der Waals surface area contributed by atoms with Crippen LogP contribution < -0.4 is 4.72 Å². The first-order valence-electron chi connectivity index (χ1n) is 18.1. The Morgan fingerprint density at radius 3 is 2.37 bits per heavy atom. The molecule has 0 spiro atoms. The van der Waals surface area contributed by atoms with Gasteiger partial charge in [0.2, 0.25) is 21.8 Å². The van der Waals surface area contributed by atoms with Gasteiger partial charge in [-0.3, -0.25) is 24.0 Å². The van der Waals surface area contributed by atoms with Crippen LogP contribution in [0.3, 0.4) is 0 Å². The SMILES string of the molecule is CC[C@@H]1C[C@]1(CC(=O)[C@@H]1C[C@@H](OC(=O)N2Cc3cccc(Cl)c3C2)CN1C(=O)[C@@H](Cc1ccc(F)c(C(F)(F)F)c1)C(C)(C)C)C(=O)NS(=O)(=O)C1CC1. The predicted octanol–water partition coefficient (Wildman–Crippen LogP) is 6.81. The van der Waals surface area contributed by atoms with Gasteiger partial charge in [-0.15, -0.1) is 0 Å². The molecular formula is C38H44ClF4N3O7S. The van der Waals surface area contributed by atoms with Gasteiger partial charge in [0, 0.05) is 30.3 Å². The molecule has 1 N–H and O–H groups in total. The van der Waals surface area contributed by atoms with Crippen molar-refractivity contribution >= 4 is 45.3 Å². The van der Waals surface area contributed by atoms with Crippen LogP contribution in [0, 0.1) is 28.5 Å². The van der Waals surface area contributed by atoms with Gasteiger partial charge in [-0.1, -0.05) is 63.9 Å². The summed E-state index contributed by atoms with van der Waals surface area (Å²) in [6.45, 7) is 7.21. The Hall–Kier alpha value is -3.72. The lowest BCUT2D eigenvalue weighted by Gasteiger charge is -2.35. The van der Waals surface area contributed by atoms with E-state index in [2.05, 4.69) is 4.72 Å². The number of amides is 3. The maximum absolute atomic E-state index is 14.6. The fraction of sp³-hybridized carbons (Fsp3) is 0.579. The number of carbonyl (C=O) groups is 4. The van der Waals surface area contributed by atoms with Crippen LogP contribution in [0.4, 0.5) is 22.4 Å². The second-order valence-electron chi connectivity index (χ2n) is 16.2. The molecule has 2 aliphatic heterocycles. The number of fused-ring (bicyclic) bond motifs is 1. The van der Waals surface area contributed by atoms with Gasteiger partial charge in [-0.05, 0) is 71.9 Å². The summed E-state index contributed by atoms with van der Waals surface area (Å²) in [6.07, 6.45) is -5.66. The molecule has 2 aromatic rings. The zero-order valence-corrected chi connectivity index (χ0v) is 32.0. The van der Waals surface area contributed by atoms with E-state index in [1.165, 1.54) is 15.9 Å². The maximum Gasteiger partial charge on any atom is 0.419 e. The Kier molecular flexibility index (Phi) is 10.7. The molecule has 6 rings (SSSR count). The third kappa shape index (κ3) is 8.12. The standard InChI is InChI=1S/C38H44ClF4N3O7S/c1-5-23-16-37(23,34(49)44-54(51,52)25-10-11-25)17-32(47)31-15-24(53-35(50)45-18-22-7-6-8-29(39)26(22)20-45)19-46(31)33(48)28(36(2,3)4)14-21-9-12-30(40)27(13-21)38(41,42)43/h6-9,12-13,23-25,28,31H,5,10-11,14-20H2,1-4H3,(H,44,49)/t23-,24-,28-,31+,37-/m1/s1. The third-order valence-electron chi connectivity index (χ3n) is 11.4. The summed E-state index contributed by atoms with van der Waals surface area (Å²) in [7, 11) is -3.91. The molecule has 3 amide bonds. The highest BCUT2D eigenvalue weighted by molar-refractivity contribution is 7.90. The molecular weight excluding hydrogens is 754 g/mol. The molecule has 3 fully saturated rings. The van der Waals surface area contributed by atoms with Crippen LogP contribution >= 0.6 is 11.6 Å². The van der Waals surface area contributed by atoms with Crippen molar-refractivity contribution in [3.05, 3.63) is 69.5 Å². The highest BCUT2D eigenvalue weighted by Gasteiger charge is 2.62. The zero-order valence-electron chi connectivity index (χ0n) is 30.5. The van der Waals surface area contributed by atoms with Gasteiger partial charge >= 0.3 is 12.3 Å². The molecule has 10 nitrogen and oxygen atoms in total. The van der Waals surface area contributed by atoms with Crippen LogP contribution in [0.1, 0.15) is 88.5 Å². The lowest BCUT2D eigenvalue weighted by atomic mass is 9.76. The first-order valence-corrected chi connectivity index (χ1v) is 20.0. The molecule has 294 valence electrons. The summed E-state index contributed by atoms with van der Waals surface area (Å²) in [5.74, 6) is -4.60. The third-order valence-corrected chi connectivity index (χ3v) is 13.5. The molecule has 0 bridgehead atoms. The number of halogens is 5. The first kappa shape index (κ1) is 40.0. The number of hydrogen-bond donors (Lipinski definition) is 1. The number of rotatable bonds is 11. The van der Waals surface area contributed by atoms with E-state index >= 15 is 0 Å². The molecule has 4 aliphatic rings. The predicted molar refractivity (Wildman–Crippen MR) is 190 cm³/mol. The minimum absolute atomic E-state index is 0.0607. The highest BCUT2D eigenvalue weighted by atomic mass is 35.5. The minimum atomic E-state index is -4.97. The number of sulfonamides is 1. The molecule has 2 aromatic carbocycles. The number of Topliss-reactive ketones (excluding diaryl/α,β-unsaturated/α-hetero) is 1. The highest BCUT2D eigenvalue weighted by Crippen LogP contribution is 2.58. The van der Waals surface area contributed by atoms with E-state index in [0.717, 1.165) is 11.1 Å². The monoisotopic (exact) mass is 797 g/mol. The zero-order chi connectivity index (χ0) is 39.5. The Morgan fingerprint density at radius 1 is 1.07 bits per heavy atom. The summed E-state index contributed by atoms with van der Waals surface area (Å²) in [4.78, 5) is 58.6. The lowest BCUT2D eigenvalue weighted by molar-refractivity contribution is -0.144. The van der Waals surface area contributed by atoms with Crippen molar-refractivity contribution in [2.24, 2.45) is 22.7 Å². The maximum atomic E-state index is 14.6. The Bertz CT molecular complexity index is 1970. The molecule has 2 aliphatic carbocycles. The van der Waals surface area contributed by atoms with Crippen molar-refractivity contribution in [1.82, 2.24) is 14.5 Å². The number of hydrogen-bond acceptors (Lipinski definition) is 7. The van der Waals surface area contributed by atoms with E-state index in [0.29, 0.717) is 36.4 Å². The number of nitrogens with one attached hydrogen (secondary N) is 1. The molecule has 54 heavy (non-hydrogen) atoms. The number of carbonyl (C=O) groups excluding carboxylic acids is 4. The van der Waals surface area contributed by atoms with E-state index in [1.54, 1.807) is 32.9 Å². The van der Waals surface area contributed by atoms with Crippen molar-refractivity contribution in [3.63, 3.8) is 0 Å². The van der Waals surface area contributed by atoms with Gasteiger partial charge in [-0.2, -0.15) is 13.2 Å². The first-order chi connectivity index (χ1) is 25.1. The van der Waals surface area contributed by atoms with Gasteiger partial charge in [-0.25, -0.2) is 17.6 Å². The van der Waals surface area contributed by atoms with Gasteiger partial charge < -0.3 is 9.64 Å². The van der Waals surface area contributed by atoms with Crippen LogP contribution in [0.5, 0.6) is 0 Å². The van der Waals surface area contributed by atoms with Gasteiger partial charge in [0.25, 0.3) is 0 Å². The van der Waals surface area contributed by atoms with Crippen molar-refractivity contribution in [2.45, 2.75) is 109 Å². The fourth-order valence-electron chi connectivity index (χ4n) is 7.89. The Labute approximate surface area is 317 Å². The fourth-order valence-corrected chi connectivity index (χ4v) is 9.53. The number of alkyl halides is 3. The number of nitrogens with zero attached hydrogens (tertiary/aromatic N) is 2. The smallest absolute Gasteiger partial charge is 0.419 e. The van der Waals surface area contributed by atoms with Crippen molar-refractivity contribution in [3.8, 4) is 0 Å². The summed E-state index contributed by atoms with van der Waals surface area (Å²) in [5.41, 5.74) is -1.95. The average Bonchev–Trinajstić information content (AvgIpc) is 3.97. The molecule has 0 radical (unpaired) electrons. The number of ketones is 1. The Balaban J connectivity index is 1.27. The van der Waals surface area contributed by atoms with Gasteiger partial charge in [0.1, 0.15) is 11.9 Å². The van der Waals surface area contributed by atoms with Crippen molar-refractivity contribution in [1.29, 1.82) is 0 Å². The molecule has 0 aromatic heterocycles. The van der Waals surface area contributed by atoms with Crippen molar-refractivity contribution < 1.29 is 49.9 Å². The minimum Gasteiger partial charge on any atom is -0.444 e. The van der Waals surface area contributed by atoms with Gasteiger partial charge in [0.15, 0.2) is 5.78 Å². The van der Waals surface area contributed by atoms with Crippen LogP contribution in [0.25, 0.3) is 0 Å². The van der Waals surface area contributed by atoms with E-state index in [4.69, 9.17) is 16.3 Å². The topological polar surface area (TPSA) is 130 Å². The van der Waals surface area contributed by atoms with Crippen LogP contribution in [0.2, 0.25) is 5.02 Å². The van der Waals surface area contributed by atoms with Crippen LogP contribution in [0.15, 0.2) is 36.4 Å². The van der Waals surface area contributed by atoms with Gasteiger partial charge in [0.05, 0.1) is 35.4 Å². The molecule has 16 heteroatoms. The molecule has 1 saturated heterocycles. The van der Waals surface area contributed by atoms with E-state index in [1.807, 2.05) is 13.0 Å². The van der Waals surface area contributed by atoms with Crippen molar-refractivity contribution in [2.75, 3.05) is 6.54 Å². The van der Waals surface area contributed by atoms with Crippen LogP contribution in [-0.4, -0.2) is 65.8 Å². The van der Waals surface area contributed by atoms with E-state index < -0.39 is 85.4 Å². The van der Waals surface area contributed by atoms with E-state index in [-0.39, 0.29) is 56.8 Å². The summed E-state index contributed by atoms with van der Waals surface area (Å²) < 4.78 is 88.5. The second-order valence-corrected chi connectivity index (χ2v) is 18.6. The second kappa shape index (κ2) is 14.4. The Morgan fingerprint density at radius 2 is 1.78 bits per heavy atom. The van der Waals surface area contributed by atoms with E-state index in [9.17, 15) is 45.2 Å². The quantitative estimate of drug-likeness (QED) is 0.248. The summed E-state index contributed by atoms with van der Waals surface area (Å²) in [6, 6.07) is 6.70. The van der Waals surface area contributed by atoms with Crippen LogP contribution in [-0.2, 0) is 54.8 Å². The number of benzene rings is 2. The molecule has 2 saturated carbocycles. The summed E-state index contributed by atoms with van der Waals surface area (Å²) >= 11 is 6.34.